The number of carboxylic acid groups (broad SMARTS) is 1. The second-order valence-electron chi connectivity index (χ2n) is 4.99. The van der Waals surface area contributed by atoms with E-state index >= 15 is 0 Å². The highest BCUT2D eigenvalue weighted by Gasteiger charge is 2.23. The molecule has 0 amide bonds. The third-order valence-corrected chi connectivity index (χ3v) is 4.63. The van der Waals surface area contributed by atoms with Gasteiger partial charge in [-0.3, -0.25) is 4.90 Å². The Balaban J connectivity index is 2.06. The van der Waals surface area contributed by atoms with Gasteiger partial charge in [-0.05, 0) is 42.8 Å². The Morgan fingerprint density at radius 2 is 2.39 bits per heavy atom. The third kappa shape index (κ3) is 3.12. The maximum atomic E-state index is 11.1. The smallest absolute Gasteiger partial charge is 0.346 e. The molecule has 1 saturated heterocycles. The number of hydrogen-bond acceptors (Lipinski definition) is 3. The maximum Gasteiger partial charge on any atom is 0.346 e. The fraction of sp³-hybridized carbons (Fsp3) is 0.643. The molecule has 1 N–H and O–H groups in total. The Bertz CT molecular complexity index is 400. The highest BCUT2D eigenvalue weighted by Crippen LogP contribution is 2.25. The molecule has 0 radical (unpaired) electrons. The van der Waals surface area contributed by atoms with Crippen molar-refractivity contribution in [2.24, 2.45) is 0 Å². The number of nitrogens with zero attached hydrogens (tertiary/aromatic N) is 1. The van der Waals surface area contributed by atoms with E-state index in [4.69, 9.17) is 5.11 Å². The zero-order valence-corrected chi connectivity index (χ0v) is 11.7. The van der Waals surface area contributed by atoms with E-state index in [1.807, 2.05) is 11.4 Å². The largest absolute Gasteiger partial charge is 0.477 e. The lowest BCUT2D eigenvalue weighted by atomic mass is 9.97. The predicted molar refractivity (Wildman–Crippen MR) is 74.2 cm³/mol. The molecular formula is C14H21NO2S. The van der Waals surface area contributed by atoms with E-state index in [1.54, 1.807) is 0 Å². The van der Waals surface area contributed by atoms with Crippen LogP contribution in [0.5, 0.6) is 0 Å². The van der Waals surface area contributed by atoms with Gasteiger partial charge < -0.3 is 5.11 Å². The predicted octanol–water partition coefficient (Wildman–Crippen LogP) is 3.60. The molecule has 1 unspecified atom stereocenters. The summed E-state index contributed by atoms with van der Waals surface area (Å²) in [4.78, 5) is 14.1. The van der Waals surface area contributed by atoms with E-state index in [9.17, 15) is 4.79 Å². The lowest BCUT2D eigenvalue weighted by molar-refractivity contribution is 0.0697. The fourth-order valence-electron chi connectivity index (χ4n) is 2.79. The van der Waals surface area contributed by atoms with E-state index in [-0.39, 0.29) is 0 Å². The van der Waals surface area contributed by atoms with Crippen LogP contribution in [-0.2, 0) is 6.54 Å². The molecule has 1 atom stereocenters. The van der Waals surface area contributed by atoms with Gasteiger partial charge >= 0.3 is 5.97 Å². The van der Waals surface area contributed by atoms with Crippen LogP contribution in [0.15, 0.2) is 11.4 Å². The van der Waals surface area contributed by atoms with Gasteiger partial charge in [0.1, 0.15) is 4.88 Å². The van der Waals surface area contributed by atoms with E-state index < -0.39 is 5.97 Å². The third-order valence-electron chi connectivity index (χ3n) is 3.69. The summed E-state index contributed by atoms with van der Waals surface area (Å²) in [6.07, 6.45) is 6.26. The van der Waals surface area contributed by atoms with Gasteiger partial charge in [0.2, 0.25) is 0 Å². The zero-order valence-electron chi connectivity index (χ0n) is 10.9. The molecule has 0 aliphatic carbocycles. The van der Waals surface area contributed by atoms with Crippen LogP contribution in [0, 0.1) is 0 Å². The van der Waals surface area contributed by atoms with Crippen LogP contribution in [0.2, 0.25) is 0 Å². The Hall–Kier alpha value is -0.870. The molecule has 0 aromatic carbocycles. The normalized spacial score (nSPS) is 21.1. The Morgan fingerprint density at radius 1 is 1.56 bits per heavy atom. The minimum absolute atomic E-state index is 0.510. The molecule has 18 heavy (non-hydrogen) atoms. The van der Waals surface area contributed by atoms with Crippen LogP contribution < -0.4 is 0 Å². The van der Waals surface area contributed by atoms with Crippen LogP contribution in [0.4, 0.5) is 0 Å². The summed E-state index contributed by atoms with van der Waals surface area (Å²) in [7, 11) is 0. The molecule has 100 valence electrons. The summed E-state index contributed by atoms with van der Waals surface area (Å²) in [5.74, 6) is -0.788. The Morgan fingerprint density at radius 3 is 3.11 bits per heavy atom. The van der Waals surface area contributed by atoms with Crippen molar-refractivity contribution in [2.75, 3.05) is 6.54 Å². The summed E-state index contributed by atoms with van der Waals surface area (Å²) in [5.41, 5.74) is 0.982. The molecule has 3 nitrogen and oxygen atoms in total. The Kier molecular flexibility index (Phi) is 4.78. The topological polar surface area (TPSA) is 40.5 Å². The van der Waals surface area contributed by atoms with E-state index in [0.29, 0.717) is 10.9 Å². The van der Waals surface area contributed by atoms with Crippen molar-refractivity contribution >= 4 is 17.3 Å². The second-order valence-corrected chi connectivity index (χ2v) is 5.90. The maximum absolute atomic E-state index is 11.1. The molecule has 4 heteroatoms. The molecule has 1 aromatic heterocycles. The number of carboxylic acids is 1. The first kappa shape index (κ1) is 13.6. The van der Waals surface area contributed by atoms with Gasteiger partial charge in [0.25, 0.3) is 0 Å². The molecule has 1 aliphatic heterocycles. The lowest BCUT2D eigenvalue weighted by Gasteiger charge is -2.35. The number of carbonyl (C=O) groups is 1. The number of rotatable bonds is 5. The first-order valence-corrected chi connectivity index (χ1v) is 7.64. The molecule has 2 heterocycles. The summed E-state index contributed by atoms with van der Waals surface area (Å²) >= 11 is 1.33. The average molecular weight is 267 g/mol. The molecular weight excluding hydrogens is 246 g/mol. The second kappa shape index (κ2) is 6.34. The molecule has 0 bridgehead atoms. The van der Waals surface area contributed by atoms with Gasteiger partial charge in [-0.1, -0.05) is 19.8 Å². The molecule has 0 saturated carbocycles. The SMILES string of the molecule is CCCC1CCCCN1Cc1ccsc1C(=O)O. The van der Waals surface area contributed by atoms with Crippen LogP contribution >= 0.6 is 11.3 Å². The quantitative estimate of drug-likeness (QED) is 0.886. The zero-order chi connectivity index (χ0) is 13.0. The van der Waals surface area contributed by atoms with Gasteiger partial charge in [0, 0.05) is 12.6 Å². The van der Waals surface area contributed by atoms with E-state index in [2.05, 4.69) is 11.8 Å². The van der Waals surface area contributed by atoms with Crippen molar-refractivity contribution in [1.82, 2.24) is 4.90 Å². The van der Waals surface area contributed by atoms with Crippen molar-refractivity contribution in [3.8, 4) is 0 Å². The van der Waals surface area contributed by atoms with Gasteiger partial charge in [0.05, 0.1) is 0 Å². The van der Waals surface area contributed by atoms with E-state index in [0.717, 1.165) is 18.7 Å². The molecule has 2 rings (SSSR count). The molecule has 0 spiro atoms. The van der Waals surface area contributed by atoms with E-state index in [1.165, 1.54) is 43.4 Å². The average Bonchev–Trinajstić information content (AvgIpc) is 2.80. The number of likely N-dealkylation sites (tertiary alicyclic amines) is 1. The minimum atomic E-state index is -0.788. The number of aromatic carboxylic acids is 1. The molecule has 1 aliphatic rings. The first-order chi connectivity index (χ1) is 8.72. The lowest BCUT2D eigenvalue weighted by Crippen LogP contribution is -2.38. The Labute approximate surface area is 112 Å². The molecule has 1 aromatic rings. The summed E-state index contributed by atoms with van der Waals surface area (Å²) in [6.45, 7) is 4.13. The number of thiophene rings is 1. The number of hydrogen-bond donors (Lipinski definition) is 1. The standard InChI is InChI=1S/C14H21NO2S/c1-2-5-12-6-3-4-8-15(12)10-11-7-9-18-13(11)14(16)17/h7,9,12H,2-6,8,10H2,1H3,(H,16,17). The highest BCUT2D eigenvalue weighted by atomic mass is 32.1. The van der Waals surface area contributed by atoms with Gasteiger partial charge in [-0.2, -0.15) is 0 Å². The van der Waals surface area contributed by atoms with Crippen molar-refractivity contribution in [3.63, 3.8) is 0 Å². The van der Waals surface area contributed by atoms with Crippen LogP contribution in [0.3, 0.4) is 0 Å². The summed E-state index contributed by atoms with van der Waals surface area (Å²) < 4.78 is 0. The summed E-state index contributed by atoms with van der Waals surface area (Å²) in [6, 6.07) is 2.61. The highest BCUT2D eigenvalue weighted by molar-refractivity contribution is 7.12. The van der Waals surface area contributed by atoms with Crippen molar-refractivity contribution < 1.29 is 9.90 Å². The molecule has 1 fully saturated rings. The minimum Gasteiger partial charge on any atom is -0.477 e. The van der Waals surface area contributed by atoms with Crippen LogP contribution in [-0.4, -0.2) is 28.6 Å². The first-order valence-electron chi connectivity index (χ1n) is 6.76. The van der Waals surface area contributed by atoms with Gasteiger partial charge in [-0.25, -0.2) is 4.79 Å². The fourth-order valence-corrected chi connectivity index (χ4v) is 3.55. The van der Waals surface area contributed by atoms with Crippen molar-refractivity contribution in [1.29, 1.82) is 0 Å². The van der Waals surface area contributed by atoms with Crippen molar-refractivity contribution in [2.45, 2.75) is 51.6 Å². The van der Waals surface area contributed by atoms with Gasteiger partial charge in [0.15, 0.2) is 0 Å². The van der Waals surface area contributed by atoms with Gasteiger partial charge in [-0.15, -0.1) is 11.3 Å². The number of piperidine rings is 1. The summed E-state index contributed by atoms with van der Waals surface area (Å²) in [5, 5.41) is 11.0. The van der Waals surface area contributed by atoms with Crippen LogP contribution in [0.25, 0.3) is 0 Å². The van der Waals surface area contributed by atoms with Crippen LogP contribution in [0.1, 0.15) is 54.3 Å². The monoisotopic (exact) mass is 267 g/mol. The van der Waals surface area contributed by atoms with Crippen molar-refractivity contribution in [3.05, 3.63) is 21.9 Å².